The van der Waals surface area contributed by atoms with Crippen molar-refractivity contribution in [2.24, 2.45) is 11.8 Å². The summed E-state index contributed by atoms with van der Waals surface area (Å²) >= 11 is 0. The summed E-state index contributed by atoms with van der Waals surface area (Å²) in [7, 11) is 0. The number of aromatic nitrogens is 2. The van der Waals surface area contributed by atoms with Crippen molar-refractivity contribution in [2.45, 2.75) is 0 Å². The summed E-state index contributed by atoms with van der Waals surface area (Å²) in [5.41, 5.74) is 0.652. The minimum Gasteiger partial charge on any atom is -0.437 e. The van der Waals surface area contributed by atoms with Gasteiger partial charge in [0.15, 0.2) is 0 Å². The molecular formula is C17H18N4O2. The molecule has 4 rings (SSSR count). The van der Waals surface area contributed by atoms with Crippen LogP contribution in [0.4, 0.5) is 0 Å². The first-order valence-corrected chi connectivity index (χ1v) is 7.83. The van der Waals surface area contributed by atoms with Crippen molar-refractivity contribution in [3.8, 4) is 11.6 Å². The third-order valence-corrected chi connectivity index (χ3v) is 4.52. The van der Waals surface area contributed by atoms with Gasteiger partial charge in [-0.1, -0.05) is 6.07 Å². The number of ether oxygens (including phenoxy) is 1. The van der Waals surface area contributed by atoms with E-state index in [0.29, 0.717) is 29.0 Å². The summed E-state index contributed by atoms with van der Waals surface area (Å²) in [4.78, 5) is 22.7. The molecule has 2 atom stereocenters. The number of nitrogens with one attached hydrogen (secondary N) is 1. The first kappa shape index (κ1) is 14.1. The first-order valence-electron chi connectivity index (χ1n) is 7.83. The molecule has 0 aliphatic carbocycles. The van der Waals surface area contributed by atoms with Crippen LogP contribution in [-0.2, 0) is 0 Å². The van der Waals surface area contributed by atoms with Crippen LogP contribution in [-0.4, -0.2) is 47.0 Å². The molecule has 118 valence electrons. The van der Waals surface area contributed by atoms with Crippen LogP contribution in [0.25, 0.3) is 0 Å². The Morgan fingerprint density at radius 3 is 2.78 bits per heavy atom. The van der Waals surface area contributed by atoms with Crippen LogP contribution in [0.15, 0.2) is 42.9 Å². The fourth-order valence-corrected chi connectivity index (χ4v) is 3.36. The van der Waals surface area contributed by atoms with E-state index < -0.39 is 0 Å². The Morgan fingerprint density at radius 2 is 2.04 bits per heavy atom. The number of likely N-dealkylation sites (tertiary alicyclic amines) is 1. The topological polar surface area (TPSA) is 67.3 Å². The standard InChI is InChI=1S/C17H18N4O2/c22-17(21-10-13-7-19-8-14(13)11-21)12-2-1-3-15(6-12)23-16-9-18-4-5-20-16/h1-6,9,13-14,19H,7-8,10-11H2/t13-,14+. The van der Waals surface area contributed by atoms with Crippen LogP contribution in [0.1, 0.15) is 10.4 Å². The molecule has 3 heterocycles. The number of carbonyl (C=O) groups is 1. The van der Waals surface area contributed by atoms with Crippen LogP contribution in [0.5, 0.6) is 11.6 Å². The van der Waals surface area contributed by atoms with E-state index in [1.165, 1.54) is 0 Å². The molecule has 0 spiro atoms. The largest absolute Gasteiger partial charge is 0.437 e. The molecule has 1 aromatic carbocycles. The molecule has 23 heavy (non-hydrogen) atoms. The molecule has 0 radical (unpaired) electrons. The molecule has 2 aromatic rings. The quantitative estimate of drug-likeness (QED) is 0.932. The highest BCUT2D eigenvalue weighted by atomic mass is 16.5. The van der Waals surface area contributed by atoms with Crippen LogP contribution >= 0.6 is 0 Å². The number of rotatable bonds is 3. The molecule has 6 nitrogen and oxygen atoms in total. The zero-order chi connectivity index (χ0) is 15.6. The molecule has 6 heteroatoms. The van der Waals surface area contributed by atoms with E-state index in [4.69, 9.17) is 4.74 Å². The second-order valence-electron chi connectivity index (χ2n) is 6.06. The third-order valence-electron chi connectivity index (χ3n) is 4.52. The van der Waals surface area contributed by atoms with Gasteiger partial charge in [0, 0.05) is 44.1 Å². The van der Waals surface area contributed by atoms with Gasteiger partial charge in [0.2, 0.25) is 5.88 Å². The van der Waals surface area contributed by atoms with E-state index in [1.54, 1.807) is 24.7 Å². The van der Waals surface area contributed by atoms with Gasteiger partial charge in [0.05, 0.1) is 6.20 Å². The fourth-order valence-electron chi connectivity index (χ4n) is 3.36. The molecule has 2 aliphatic heterocycles. The molecular weight excluding hydrogens is 292 g/mol. The summed E-state index contributed by atoms with van der Waals surface area (Å²) < 4.78 is 5.65. The highest BCUT2D eigenvalue weighted by Gasteiger charge is 2.38. The van der Waals surface area contributed by atoms with E-state index >= 15 is 0 Å². The molecule has 1 N–H and O–H groups in total. The lowest BCUT2D eigenvalue weighted by molar-refractivity contribution is 0.0781. The Kier molecular flexibility index (Phi) is 3.67. The Bertz CT molecular complexity index is 695. The summed E-state index contributed by atoms with van der Waals surface area (Å²) in [6.45, 7) is 3.71. The molecule has 0 bridgehead atoms. The summed E-state index contributed by atoms with van der Waals surface area (Å²) in [5.74, 6) is 2.27. The predicted octanol–water partition coefficient (Wildman–Crippen LogP) is 1.56. The zero-order valence-electron chi connectivity index (χ0n) is 12.7. The molecule has 2 fully saturated rings. The van der Waals surface area contributed by atoms with Gasteiger partial charge >= 0.3 is 0 Å². The summed E-state index contributed by atoms with van der Waals surface area (Å²) in [6, 6.07) is 7.24. The summed E-state index contributed by atoms with van der Waals surface area (Å²) in [5, 5.41) is 3.39. The Morgan fingerprint density at radius 1 is 1.22 bits per heavy atom. The van der Waals surface area contributed by atoms with Crippen molar-refractivity contribution in [1.82, 2.24) is 20.2 Å². The Labute approximate surface area is 134 Å². The monoisotopic (exact) mass is 310 g/mol. The van der Waals surface area contributed by atoms with Crippen molar-refractivity contribution in [3.05, 3.63) is 48.4 Å². The number of hydrogen-bond acceptors (Lipinski definition) is 5. The van der Waals surface area contributed by atoms with Crippen LogP contribution < -0.4 is 10.1 Å². The van der Waals surface area contributed by atoms with Gasteiger partial charge in [-0.25, -0.2) is 4.98 Å². The molecule has 2 aliphatic rings. The lowest BCUT2D eigenvalue weighted by Gasteiger charge is -2.18. The minimum absolute atomic E-state index is 0.0731. The third kappa shape index (κ3) is 2.90. The van der Waals surface area contributed by atoms with Gasteiger partial charge in [-0.2, -0.15) is 0 Å². The van der Waals surface area contributed by atoms with Crippen molar-refractivity contribution in [2.75, 3.05) is 26.2 Å². The highest BCUT2D eigenvalue weighted by molar-refractivity contribution is 5.94. The smallest absolute Gasteiger partial charge is 0.254 e. The number of amides is 1. The van der Waals surface area contributed by atoms with Gasteiger partial charge in [-0.3, -0.25) is 9.78 Å². The SMILES string of the molecule is O=C(c1cccc(Oc2cnccn2)c1)N1C[C@H]2CNC[C@H]2C1. The van der Waals surface area contributed by atoms with E-state index in [9.17, 15) is 4.79 Å². The van der Waals surface area contributed by atoms with Crippen molar-refractivity contribution >= 4 is 5.91 Å². The lowest BCUT2D eigenvalue weighted by Crippen LogP contribution is -2.31. The molecule has 1 aromatic heterocycles. The maximum atomic E-state index is 12.7. The van der Waals surface area contributed by atoms with E-state index in [-0.39, 0.29) is 5.91 Å². The maximum Gasteiger partial charge on any atom is 0.254 e. The molecule has 1 amide bonds. The molecule has 0 unspecified atom stereocenters. The van der Waals surface area contributed by atoms with Gasteiger partial charge in [0.1, 0.15) is 5.75 Å². The number of carbonyl (C=O) groups excluding carboxylic acids is 1. The van der Waals surface area contributed by atoms with E-state index in [0.717, 1.165) is 26.2 Å². The van der Waals surface area contributed by atoms with Crippen LogP contribution in [0, 0.1) is 11.8 Å². The second kappa shape index (κ2) is 5.96. The number of nitrogens with zero attached hydrogens (tertiary/aromatic N) is 3. The van der Waals surface area contributed by atoms with Gasteiger partial charge < -0.3 is 15.0 Å². The normalized spacial score (nSPS) is 22.9. The summed E-state index contributed by atoms with van der Waals surface area (Å²) in [6.07, 6.45) is 4.70. The molecule has 0 saturated carbocycles. The molecule has 2 saturated heterocycles. The van der Waals surface area contributed by atoms with Crippen molar-refractivity contribution in [1.29, 1.82) is 0 Å². The average Bonchev–Trinajstić information content (AvgIpc) is 3.17. The minimum atomic E-state index is 0.0731. The fraction of sp³-hybridized carbons (Fsp3) is 0.353. The first-order chi connectivity index (χ1) is 11.3. The number of benzene rings is 1. The predicted molar refractivity (Wildman–Crippen MR) is 84.3 cm³/mol. The number of fused-ring (bicyclic) bond motifs is 1. The Hall–Kier alpha value is -2.47. The van der Waals surface area contributed by atoms with E-state index in [2.05, 4.69) is 15.3 Å². The van der Waals surface area contributed by atoms with Gasteiger partial charge in [0.25, 0.3) is 5.91 Å². The van der Waals surface area contributed by atoms with Crippen molar-refractivity contribution in [3.63, 3.8) is 0 Å². The van der Waals surface area contributed by atoms with Crippen LogP contribution in [0.2, 0.25) is 0 Å². The highest BCUT2D eigenvalue weighted by Crippen LogP contribution is 2.28. The van der Waals surface area contributed by atoms with E-state index in [1.807, 2.05) is 23.1 Å². The van der Waals surface area contributed by atoms with Crippen LogP contribution in [0.3, 0.4) is 0 Å². The van der Waals surface area contributed by atoms with Gasteiger partial charge in [-0.15, -0.1) is 0 Å². The lowest BCUT2D eigenvalue weighted by atomic mass is 10.0. The second-order valence-corrected chi connectivity index (χ2v) is 6.06. The number of hydrogen-bond donors (Lipinski definition) is 1. The van der Waals surface area contributed by atoms with Gasteiger partial charge in [-0.05, 0) is 30.0 Å². The maximum absolute atomic E-state index is 12.7. The zero-order valence-corrected chi connectivity index (χ0v) is 12.7. The average molecular weight is 310 g/mol. The Balaban J connectivity index is 1.49. The van der Waals surface area contributed by atoms with Crippen molar-refractivity contribution < 1.29 is 9.53 Å².